The van der Waals surface area contributed by atoms with Gasteiger partial charge in [0.05, 0.1) is 17.6 Å². The Labute approximate surface area is 257 Å². The Balaban J connectivity index is 1.45. The van der Waals surface area contributed by atoms with Crippen LogP contribution in [0.5, 0.6) is 11.6 Å². The van der Waals surface area contributed by atoms with Gasteiger partial charge in [-0.15, -0.1) is 0 Å². The van der Waals surface area contributed by atoms with Crippen molar-refractivity contribution in [3.05, 3.63) is 71.0 Å². The number of hydrogen-bond acceptors (Lipinski definition) is 8. The van der Waals surface area contributed by atoms with E-state index in [9.17, 15) is 8.42 Å². The molecule has 2 aromatic heterocycles. The monoisotopic (exact) mass is 621 g/mol. The van der Waals surface area contributed by atoms with Gasteiger partial charge in [0.2, 0.25) is 11.8 Å². The average Bonchev–Trinajstić information content (AvgIpc) is 3.41. The number of ether oxygens (including phenoxy) is 1. The number of nitrogens with zero attached hydrogens (tertiary/aromatic N) is 6. The first kappa shape index (κ1) is 29.4. The number of halogens is 1. The number of hydrogen-bond donors (Lipinski definition) is 1. The van der Waals surface area contributed by atoms with E-state index in [1.165, 1.54) is 29.1 Å². The summed E-state index contributed by atoms with van der Waals surface area (Å²) in [7, 11) is -0.234. The molecule has 0 bridgehead atoms. The molecule has 2 fully saturated rings. The van der Waals surface area contributed by atoms with Crippen molar-refractivity contribution in [1.29, 1.82) is 0 Å². The van der Waals surface area contributed by atoms with Crippen LogP contribution < -0.4 is 14.4 Å². The molecule has 1 aliphatic carbocycles. The molecule has 6 rings (SSSR count). The van der Waals surface area contributed by atoms with Gasteiger partial charge in [-0.05, 0) is 49.9 Å². The third-order valence-corrected chi connectivity index (χ3v) is 9.96. The van der Waals surface area contributed by atoms with E-state index >= 15 is 0 Å². The number of aromatic nitrogens is 4. The molecule has 1 saturated carbocycles. The van der Waals surface area contributed by atoms with E-state index in [1.54, 1.807) is 7.05 Å². The highest BCUT2D eigenvalue weighted by molar-refractivity contribution is 7.92. The summed E-state index contributed by atoms with van der Waals surface area (Å²) < 4.78 is 37.1. The zero-order valence-corrected chi connectivity index (χ0v) is 26.2. The molecule has 12 heteroatoms. The molecule has 0 spiro atoms. The number of rotatable bonds is 9. The third-order valence-electron chi connectivity index (χ3n) is 8.29. The van der Waals surface area contributed by atoms with Gasteiger partial charge in [0.25, 0.3) is 10.0 Å². The first-order chi connectivity index (χ1) is 20.7. The summed E-state index contributed by atoms with van der Waals surface area (Å²) in [4.78, 5) is 14.0. The zero-order valence-electron chi connectivity index (χ0n) is 24.6. The van der Waals surface area contributed by atoms with Gasteiger partial charge in [-0.25, -0.2) is 18.1 Å². The second-order valence-electron chi connectivity index (χ2n) is 11.2. The summed E-state index contributed by atoms with van der Waals surface area (Å²) >= 11 is 6.96. The molecule has 4 aromatic rings. The molecular weight excluding hydrogens is 586 g/mol. The van der Waals surface area contributed by atoms with Crippen molar-refractivity contribution >= 4 is 33.3 Å². The van der Waals surface area contributed by atoms with Crippen LogP contribution >= 0.6 is 11.6 Å². The summed E-state index contributed by atoms with van der Waals surface area (Å²) in [5.41, 5.74) is 4.47. The number of benzene rings is 2. The van der Waals surface area contributed by atoms with E-state index in [1.807, 2.05) is 43.3 Å². The minimum absolute atomic E-state index is 0.0139. The average molecular weight is 622 g/mol. The Hall–Kier alpha value is -3.67. The lowest BCUT2D eigenvalue weighted by molar-refractivity contribution is 0.313. The van der Waals surface area contributed by atoms with Gasteiger partial charge in [0.1, 0.15) is 15.7 Å². The Bertz CT molecular complexity index is 1730. The predicted molar refractivity (Wildman–Crippen MR) is 169 cm³/mol. The van der Waals surface area contributed by atoms with Crippen LogP contribution in [-0.4, -0.2) is 66.3 Å². The standard InChI is InChI=1S/C31H36ClN7O3S/c1-4-23-29(25-12-6-5-11-24(25)21-9-7-10-21)34-31(36-43(40,41)22-19-33-38(3)20-22)35-30(23)42-27-14-8-13-26(28(27)32)39-17-15-37(2)16-18-39/h5-6,8,11-14,19-21H,4,7,9-10,15-18H2,1-3H3,(H,34,35,36). The second kappa shape index (κ2) is 12.1. The molecule has 0 amide bonds. The fourth-order valence-electron chi connectivity index (χ4n) is 5.61. The lowest BCUT2D eigenvalue weighted by atomic mass is 9.77. The minimum atomic E-state index is -4.01. The molecular formula is C31H36ClN7O3S. The molecule has 0 unspecified atom stereocenters. The fourth-order valence-corrected chi connectivity index (χ4v) is 6.82. The van der Waals surface area contributed by atoms with Crippen LogP contribution in [0.2, 0.25) is 5.02 Å². The highest BCUT2D eigenvalue weighted by Gasteiger charge is 2.27. The molecule has 3 heterocycles. The molecule has 1 N–H and O–H groups in total. The normalized spacial score (nSPS) is 16.2. The van der Waals surface area contributed by atoms with Gasteiger partial charge in [-0.1, -0.05) is 55.3 Å². The molecule has 0 atom stereocenters. The predicted octanol–water partition coefficient (Wildman–Crippen LogP) is 5.71. The fraction of sp³-hybridized carbons (Fsp3) is 0.387. The van der Waals surface area contributed by atoms with Gasteiger partial charge in [0.15, 0.2) is 0 Å². The lowest BCUT2D eigenvalue weighted by Gasteiger charge is -2.34. The molecule has 1 aliphatic heterocycles. The Morgan fingerprint density at radius 3 is 2.47 bits per heavy atom. The number of anilines is 2. The van der Waals surface area contributed by atoms with Crippen LogP contribution in [-0.2, 0) is 23.5 Å². The Morgan fingerprint density at radius 2 is 1.79 bits per heavy atom. The van der Waals surface area contributed by atoms with E-state index in [2.05, 4.69) is 37.7 Å². The van der Waals surface area contributed by atoms with Gasteiger partial charge in [0, 0.05) is 50.6 Å². The zero-order chi connectivity index (χ0) is 30.1. The van der Waals surface area contributed by atoms with E-state index in [0.717, 1.165) is 55.8 Å². The summed E-state index contributed by atoms with van der Waals surface area (Å²) in [6, 6.07) is 13.9. The Kier molecular flexibility index (Phi) is 8.30. The summed E-state index contributed by atoms with van der Waals surface area (Å²) in [6.45, 7) is 5.61. The van der Waals surface area contributed by atoms with Gasteiger partial charge in [-0.2, -0.15) is 10.1 Å². The van der Waals surface area contributed by atoms with Crippen molar-refractivity contribution in [2.45, 2.75) is 43.4 Å². The van der Waals surface area contributed by atoms with Gasteiger partial charge < -0.3 is 14.5 Å². The highest BCUT2D eigenvalue weighted by Crippen LogP contribution is 2.44. The van der Waals surface area contributed by atoms with Crippen LogP contribution in [0.4, 0.5) is 11.6 Å². The number of likely N-dealkylation sites (N-methyl/N-ethyl adjacent to an activating group) is 1. The van der Waals surface area contributed by atoms with Crippen LogP contribution in [0, 0.1) is 0 Å². The molecule has 226 valence electrons. The lowest BCUT2D eigenvalue weighted by Crippen LogP contribution is -2.44. The van der Waals surface area contributed by atoms with Crippen molar-refractivity contribution in [2.24, 2.45) is 7.05 Å². The number of nitrogens with one attached hydrogen (secondary N) is 1. The van der Waals surface area contributed by atoms with E-state index in [4.69, 9.17) is 21.3 Å². The quantitative estimate of drug-likeness (QED) is 0.254. The molecule has 1 saturated heterocycles. The van der Waals surface area contributed by atoms with Gasteiger partial charge >= 0.3 is 0 Å². The first-order valence-electron chi connectivity index (χ1n) is 14.6. The summed E-state index contributed by atoms with van der Waals surface area (Å²) in [5.74, 6) is 1.06. The van der Waals surface area contributed by atoms with Crippen molar-refractivity contribution < 1.29 is 13.2 Å². The molecule has 0 radical (unpaired) electrons. The first-order valence-corrected chi connectivity index (χ1v) is 16.5. The largest absolute Gasteiger partial charge is 0.437 e. The van der Waals surface area contributed by atoms with E-state index in [-0.39, 0.29) is 16.7 Å². The number of piperazine rings is 1. The summed E-state index contributed by atoms with van der Waals surface area (Å²) in [6.07, 6.45) is 6.70. The van der Waals surface area contributed by atoms with Crippen LogP contribution in [0.15, 0.2) is 59.8 Å². The SMILES string of the molecule is CCc1c(Oc2cccc(N3CCN(C)CC3)c2Cl)nc(NS(=O)(=O)c2cnn(C)c2)nc1-c1ccccc1C1CCC1. The minimum Gasteiger partial charge on any atom is -0.437 e. The maximum absolute atomic E-state index is 13.3. The van der Waals surface area contributed by atoms with E-state index < -0.39 is 10.0 Å². The highest BCUT2D eigenvalue weighted by atomic mass is 35.5. The molecule has 2 aromatic carbocycles. The maximum atomic E-state index is 13.3. The van der Waals surface area contributed by atoms with Crippen molar-refractivity contribution in [1.82, 2.24) is 24.6 Å². The van der Waals surface area contributed by atoms with E-state index in [0.29, 0.717) is 28.8 Å². The second-order valence-corrected chi connectivity index (χ2v) is 13.2. The van der Waals surface area contributed by atoms with Crippen LogP contribution in [0.3, 0.4) is 0 Å². The van der Waals surface area contributed by atoms with Crippen molar-refractivity contribution in [2.75, 3.05) is 42.8 Å². The Morgan fingerprint density at radius 1 is 1.02 bits per heavy atom. The third kappa shape index (κ3) is 6.07. The molecule has 43 heavy (non-hydrogen) atoms. The molecule has 2 aliphatic rings. The van der Waals surface area contributed by atoms with Crippen molar-refractivity contribution in [3.8, 4) is 22.9 Å². The smallest absolute Gasteiger partial charge is 0.267 e. The van der Waals surface area contributed by atoms with Crippen LogP contribution in [0.25, 0.3) is 11.3 Å². The number of sulfonamides is 1. The topological polar surface area (TPSA) is 105 Å². The maximum Gasteiger partial charge on any atom is 0.267 e. The van der Waals surface area contributed by atoms with Crippen molar-refractivity contribution in [3.63, 3.8) is 0 Å². The molecule has 10 nitrogen and oxygen atoms in total. The summed E-state index contributed by atoms with van der Waals surface area (Å²) in [5, 5.41) is 4.50. The van der Waals surface area contributed by atoms with Gasteiger partial charge in [-0.3, -0.25) is 4.68 Å². The van der Waals surface area contributed by atoms with Crippen LogP contribution in [0.1, 0.15) is 43.2 Å². The number of aryl methyl sites for hydroxylation is 1.